The van der Waals surface area contributed by atoms with E-state index >= 15 is 0 Å². The first kappa shape index (κ1) is 14.2. The normalized spacial score (nSPS) is 23.5. The fourth-order valence-electron chi connectivity index (χ4n) is 3.75. The first-order chi connectivity index (χ1) is 10.7. The van der Waals surface area contributed by atoms with Crippen LogP contribution in [0.3, 0.4) is 0 Å². The first-order valence-electron chi connectivity index (χ1n) is 8.03. The number of piperidine rings is 1. The fraction of sp³-hybridized carbons (Fsp3) is 0.368. The maximum absolute atomic E-state index is 2.63. The molecule has 0 saturated carbocycles. The van der Waals surface area contributed by atoms with Crippen molar-refractivity contribution in [3.8, 4) is 0 Å². The molecule has 0 amide bonds. The van der Waals surface area contributed by atoms with Gasteiger partial charge in [-0.05, 0) is 50.7 Å². The van der Waals surface area contributed by atoms with E-state index in [2.05, 4.69) is 72.4 Å². The molecule has 0 spiro atoms. The minimum Gasteiger partial charge on any atom is -0.363 e. The van der Waals surface area contributed by atoms with E-state index in [9.17, 15) is 0 Å². The number of anilines is 1. The Morgan fingerprint density at radius 3 is 2.55 bits per heavy atom. The van der Waals surface area contributed by atoms with E-state index in [-0.39, 0.29) is 0 Å². The molecule has 2 heterocycles. The highest BCUT2D eigenvalue weighted by atomic mass is 32.2. The monoisotopic (exact) mass is 310 g/mol. The number of para-hydroxylation sites is 1. The zero-order chi connectivity index (χ0) is 15.1. The third kappa shape index (κ3) is 2.33. The Morgan fingerprint density at radius 1 is 1.00 bits per heavy atom. The fourth-order valence-corrected chi connectivity index (χ4v) is 4.89. The molecular weight excluding hydrogens is 288 g/mol. The van der Waals surface area contributed by atoms with E-state index in [1.54, 1.807) is 0 Å². The van der Waals surface area contributed by atoms with Crippen LogP contribution in [0.15, 0.2) is 58.3 Å². The number of hydrogen-bond acceptors (Lipinski definition) is 3. The van der Waals surface area contributed by atoms with Crippen molar-refractivity contribution >= 4 is 17.4 Å². The van der Waals surface area contributed by atoms with Crippen LogP contribution in [0.25, 0.3) is 0 Å². The summed E-state index contributed by atoms with van der Waals surface area (Å²) in [6, 6.07) is 19.0. The van der Waals surface area contributed by atoms with Gasteiger partial charge in [0.1, 0.15) is 0 Å². The number of nitrogens with zero attached hydrogens (tertiary/aromatic N) is 2. The molecule has 2 aromatic carbocycles. The van der Waals surface area contributed by atoms with E-state index in [0.29, 0.717) is 12.1 Å². The molecule has 1 saturated heterocycles. The Kier molecular flexibility index (Phi) is 3.63. The SMILES string of the molecule is CN(C)C1CCN2c3ccccc3Sc3ccccc3C2C1. The van der Waals surface area contributed by atoms with E-state index in [4.69, 9.17) is 0 Å². The van der Waals surface area contributed by atoms with Gasteiger partial charge in [-0.3, -0.25) is 0 Å². The van der Waals surface area contributed by atoms with E-state index in [0.717, 1.165) is 6.54 Å². The number of rotatable bonds is 1. The van der Waals surface area contributed by atoms with Crippen LogP contribution in [0.5, 0.6) is 0 Å². The van der Waals surface area contributed by atoms with Gasteiger partial charge in [0.15, 0.2) is 0 Å². The van der Waals surface area contributed by atoms with Crippen LogP contribution in [0.2, 0.25) is 0 Å². The van der Waals surface area contributed by atoms with Crippen molar-refractivity contribution in [1.82, 2.24) is 4.90 Å². The third-order valence-corrected chi connectivity index (χ3v) is 6.13. The molecular formula is C19H22N2S. The lowest BCUT2D eigenvalue weighted by Gasteiger charge is -2.43. The van der Waals surface area contributed by atoms with Crippen LogP contribution in [-0.2, 0) is 0 Å². The molecule has 22 heavy (non-hydrogen) atoms. The topological polar surface area (TPSA) is 6.48 Å². The summed E-state index contributed by atoms with van der Waals surface area (Å²) in [7, 11) is 4.43. The summed E-state index contributed by atoms with van der Waals surface area (Å²) in [5.74, 6) is 0. The van der Waals surface area contributed by atoms with Gasteiger partial charge < -0.3 is 9.80 Å². The second-order valence-electron chi connectivity index (χ2n) is 6.46. The lowest BCUT2D eigenvalue weighted by atomic mass is 9.90. The second kappa shape index (κ2) is 5.64. The molecule has 1 fully saturated rings. The first-order valence-corrected chi connectivity index (χ1v) is 8.84. The predicted octanol–water partition coefficient (Wildman–Crippen LogP) is 4.42. The second-order valence-corrected chi connectivity index (χ2v) is 7.54. The largest absolute Gasteiger partial charge is 0.363 e. The molecule has 2 atom stereocenters. The van der Waals surface area contributed by atoms with Gasteiger partial charge in [-0.25, -0.2) is 0 Å². The van der Waals surface area contributed by atoms with Crippen molar-refractivity contribution in [3.05, 3.63) is 54.1 Å². The van der Waals surface area contributed by atoms with Gasteiger partial charge in [0.25, 0.3) is 0 Å². The Morgan fingerprint density at radius 2 is 1.73 bits per heavy atom. The quantitative estimate of drug-likeness (QED) is 0.770. The Labute approximate surface area is 137 Å². The summed E-state index contributed by atoms with van der Waals surface area (Å²) in [6.45, 7) is 1.14. The van der Waals surface area contributed by atoms with Gasteiger partial charge in [-0.2, -0.15) is 0 Å². The highest BCUT2D eigenvalue weighted by Crippen LogP contribution is 2.48. The van der Waals surface area contributed by atoms with E-state index in [1.165, 1.54) is 33.9 Å². The molecule has 2 aliphatic rings. The van der Waals surface area contributed by atoms with Crippen molar-refractivity contribution in [1.29, 1.82) is 0 Å². The smallest absolute Gasteiger partial charge is 0.0568 e. The standard InChI is InChI=1S/C19H22N2S/c1-20(2)14-11-12-21-16-8-4-6-10-19(16)22-18-9-5-3-7-15(18)17(21)13-14/h3-10,14,17H,11-13H2,1-2H3. The summed E-state index contributed by atoms with van der Waals surface area (Å²) < 4.78 is 0. The molecule has 0 radical (unpaired) electrons. The summed E-state index contributed by atoms with van der Waals surface area (Å²) in [5.41, 5.74) is 2.90. The molecule has 2 aromatic rings. The summed E-state index contributed by atoms with van der Waals surface area (Å²) in [4.78, 5) is 7.83. The molecule has 2 nitrogen and oxygen atoms in total. The number of fused-ring (bicyclic) bond motifs is 5. The predicted molar refractivity (Wildman–Crippen MR) is 93.8 cm³/mol. The van der Waals surface area contributed by atoms with Crippen molar-refractivity contribution < 1.29 is 0 Å². The maximum Gasteiger partial charge on any atom is 0.0568 e. The van der Waals surface area contributed by atoms with Crippen molar-refractivity contribution in [3.63, 3.8) is 0 Å². The maximum atomic E-state index is 2.63. The average Bonchev–Trinajstić information content (AvgIpc) is 2.69. The zero-order valence-electron chi connectivity index (χ0n) is 13.2. The third-order valence-electron chi connectivity index (χ3n) is 4.98. The Balaban J connectivity index is 1.83. The molecule has 0 N–H and O–H groups in total. The van der Waals surface area contributed by atoms with Gasteiger partial charge in [-0.15, -0.1) is 0 Å². The molecule has 0 aliphatic carbocycles. The lowest BCUT2D eigenvalue weighted by Crippen LogP contribution is -2.44. The minimum absolute atomic E-state index is 0.494. The van der Waals surface area contributed by atoms with Gasteiger partial charge in [0.05, 0.1) is 11.7 Å². The van der Waals surface area contributed by atoms with Gasteiger partial charge in [0.2, 0.25) is 0 Å². The summed E-state index contributed by atoms with van der Waals surface area (Å²) >= 11 is 1.92. The van der Waals surface area contributed by atoms with E-state index in [1.807, 2.05) is 11.8 Å². The molecule has 2 aliphatic heterocycles. The molecule has 2 unspecified atom stereocenters. The van der Waals surface area contributed by atoms with E-state index < -0.39 is 0 Å². The van der Waals surface area contributed by atoms with Crippen LogP contribution in [-0.4, -0.2) is 31.6 Å². The van der Waals surface area contributed by atoms with Crippen molar-refractivity contribution in [2.45, 2.75) is 34.7 Å². The van der Waals surface area contributed by atoms with Crippen molar-refractivity contribution in [2.24, 2.45) is 0 Å². The van der Waals surface area contributed by atoms with Crippen molar-refractivity contribution in [2.75, 3.05) is 25.5 Å². The highest BCUT2D eigenvalue weighted by Gasteiger charge is 2.34. The van der Waals surface area contributed by atoms with Gasteiger partial charge in [0, 0.05) is 22.4 Å². The zero-order valence-corrected chi connectivity index (χ0v) is 14.0. The minimum atomic E-state index is 0.494. The lowest BCUT2D eigenvalue weighted by molar-refractivity contribution is 0.224. The summed E-state index contributed by atoms with van der Waals surface area (Å²) in [5, 5.41) is 0. The van der Waals surface area contributed by atoms with Crippen LogP contribution < -0.4 is 4.90 Å². The molecule has 0 aromatic heterocycles. The number of benzene rings is 2. The number of hydrogen-bond donors (Lipinski definition) is 0. The average molecular weight is 310 g/mol. The summed E-state index contributed by atoms with van der Waals surface area (Å²) in [6.07, 6.45) is 2.45. The molecule has 0 bridgehead atoms. The molecule has 4 rings (SSSR count). The van der Waals surface area contributed by atoms with Crippen LogP contribution in [0, 0.1) is 0 Å². The van der Waals surface area contributed by atoms with Gasteiger partial charge in [-0.1, -0.05) is 42.1 Å². The van der Waals surface area contributed by atoms with Crippen LogP contribution >= 0.6 is 11.8 Å². The van der Waals surface area contributed by atoms with Crippen LogP contribution in [0.1, 0.15) is 24.4 Å². The Bertz CT molecular complexity index is 683. The Hall–Kier alpha value is -1.45. The molecule has 114 valence electrons. The molecule has 3 heteroatoms. The van der Waals surface area contributed by atoms with Crippen LogP contribution in [0.4, 0.5) is 5.69 Å². The van der Waals surface area contributed by atoms with Gasteiger partial charge >= 0.3 is 0 Å². The highest BCUT2D eigenvalue weighted by molar-refractivity contribution is 7.99.